The van der Waals surface area contributed by atoms with Crippen LogP contribution in [0.1, 0.15) is 23.6 Å². The zero-order chi connectivity index (χ0) is 24.1. The molecule has 1 aromatic heterocycles. The highest BCUT2D eigenvalue weighted by Gasteiger charge is 2.20. The van der Waals surface area contributed by atoms with E-state index in [4.69, 9.17) is 13.9 Å². The lowest BCUT2D eigenvalue weighted by molar-refractivity contribution is -0.116. The third-order valence-electron chi connectivity index (χ3n) is 5.97. The summed E-state index contributed by atoms with van der Waals surface area (Å²) < 4.78 is 17.2. The van der Waals surface area contributed by atoms with Crippen molar-refractivity contribution in [2.45, 2.75) is 20.3 Å². The molecule has 0 aliphatic heterocycles. The Labute approximate surface area is 200 Å². The van der Waals surface area contributed by atoms with E-state index in [0.29, 0.717) is 12.3 Å². The highest BCUT2D eigenvalue weighted by Crippen LogP contribution is 2.42. The molecule has 0 unspecified atom stereocenters. The fourth-order valence-electron chi connectivity index (χ4n) is 4.25. The van der Waals surface area contributed by atoms with Gasteiger partial charge in [0.15, 0.2) is 0 Å². The van der Waals surface area contributed by atoms with Crippen LogP contribution in [-0.2, 0) is 11.2 Å². The molecule has 1 heterocycles. The van der Waals surface area contributed by atoms with Crippen LogP contribution in [-0.4, -0.2) is 26.7 Å². The lowest BCUT2D eigenvalue weighted by atomic mass is 9.96. The SMILES string of the molecule is COc1ccccc1-c1coc2c(C)c(OC)c(/C(C)=C/C(=O)NCCc3ccccc3)cc12. The summed E-state index contributed by atoms with van der Waals surface area (Å²) in [6.45, 7) is 4.46. The van der Waals surface area contributed by atoms with Crippen LogP contribution in [0.5, 0.6) is 11.5 Å². The summed E-state index contributed by atoms with van der Waals surface area (Å²) in [7, 11) is 3.29. The number of carbonyl (C=O) groups excluding carboxylic acids is 1. The van der Waals surface area contributed by atoms with E-state index in [1.54, 1.807) is 26.6 Å². The number of ether oxygens (including phenoxy) is 2. The molecule has 34 heavy (non-hydrogen) atoms. The van der Waals surface area contributed by atoms with Gasteiger partial charge in [-0.3, -0.25) is 4.79 Å². The van der Waals surface area contributed by atoms with Gasteiger partial charge >= 0.3 is 0 Å². The first-order chi connectivity index (χ1) is 16.5. The van der Waals surface area contributed by atoms with E-state index in [2.05, 4.69) is 17.4 Å². The summed E-state index contributed by atoms with van der Waals surface area (Å²) in [6.07, 6.45) is 4.15. The monoisotopic (exact) mass is 455 g/mol. The van der Waals surface area contributed by atoms with Gasteiger partial charge in [-0.05, 0) is 43.5 Å². The number of fused-ring (bicyclic) bond motifs is 1. The van der Waals surface area contributed by atoms with Gasteiger partial charge < -0.3 is 19.2 Å². The highest BCUT2D eigenvalue weighted by molar-refractivity contribution is 6.02. The largest absolute Gasteiger partial charge is 0.496 e. The molecule has 5 nitrogen and oxygen atoms in total. The number of carbonyl (C=O) groups is 1. The Kier molecular flexibility index (Phi) is 7.02. The van der Waals surface area contributed by atoms with Crippen molar-refractivity contribution in [1.82, 2.24) is 5.32 Å². The van der Waals surface area contributed by atoms with Gasteiger partial charge in [0.2, 0.25) is 5.91 Å². The molecule has 1 amide bonds. The molecular weight excluding hydrogens is 426 g/mol. The molecule has 0 fully saturated rings. The lowest BCUT2D eigenvalue weighted by Crippen LogP contribution is -2.23. The molecule has 0 aliphatic carbocycles. The number of furan rings is 1. The second-order valence-electron chi connectivity index (χ2n) is 8.16. The maximum absolute atomic E-state index is 12.6. The Morgan fingerprint density at radius 2 is 1.74 bits per heavy atom. The van der Waals surface area contributed by atoms with Crippen molar-refractivity contribution in [3.05, 3.63) is 89.7 Å². The van der Waals surface area contributed by atoms with E-state index in [9.17, 15) is 4.79 Å². The van der Waals surface area contributed by atoms with Crippen LogP contribution < -0.4 is 14.8 Å². The van der Waals surface area contributed by atoms with Crippen LogP contribution in [0, 0.1) is 6.92 Å². The quantitative estimate of drug-likeness (QED) is 0.322. The molecule has 0 atom stereocenters. The van der Waals surface area contributed by atoms with Crippen molar-refractivity contribution in [1.29, 1.82) is 0 Å². The number of nitrogens with one attached hydrogen (secondary N) is 1. The summed E-state index contributed by atoms with van der Waals surface area (Å²) in [4.78, 5) is 12.6. The molecule has 0 spiro atoms. The molecular formula is C29H29NO4. The van der Waals surface area contributed by atoms with Crippen LogP contribution in [0.4, 0.5) is 0 Å². The zero-order valence-corrected chi connectivity index (χ0v) is 20.0. The van der Waals surface area contributed by atoms with E-state index >= 15 is 0 Å². The van der Waals surface area contributed by atoms with Gasteiger partial charge in [-0.2, -0.15) is 0 Å². The van der Waals surface area contributed by atoms with E-state index in [-0.39, 0.29) is 5.91 Å². The molecule has 3 aromatic carbocycles. The normalized spacial score (nSPS) is 11.5. The topological polar surface area (TPSA) is 60.7 Å². The Hall–Kier alpha value is -3.99. The van der Waals surface area contributed by atoms with Gasteiger partial charge in [-0.15, -0.1) is 0 Å². The Balaban J connectivity index is 1.66. The fourth-order valence-corrected chi connectivity index (χ4v) is 4.25. The molecule has 174 valence electrons. The number of hydrogen-bond donors (Lipinski definition) is 1. The average molecular weight is 456 g/mol. The second kappa shape index (κ2) is 10.3. The van der Waals surface area contributed by atoms with Crippen molar-refractivity contribution in [3.63, 3.8) is 0 Å². The molecule has 4 rings (SSSR count). The number of hydrogen-bond acceptors (Lipinski definition) is 4. The van der Waals surface area contributed by atoms with E-state index in [0.717, 1.165) is 51.0 Å². The molecule has 0 bridgehead atoms. The van der Waals surface area contributed by atoms with Gasteiger partial charge in [0.05, 0.1) is 20.5 Å². The predicted molar refractivity (Wildman–Crippen MR) is 136 cm³/mol. The van der Waals surface area contributed by atoms with E-state index in [1.165, 1.54) is 5.56 Å². The predicted octanol–water partition coefficient (Wildman–Crippen LogP) is 6.19. The Morgan fingerprint density at radius 1 is 1.00 bits per heavy atom. The second-order valence-corrected chi connectivity index (χ2v) is 8.16. The first-order valence-electron chi connectivity index (χ1n) is 11.3. The van der Waals surface area contributed by atoms with Gasteiger partial charge in [0.1, 0.15) is 17.1 Å². The van der Waals surface area contributed by atoms with Crippen molar-refractivity contribution in [2.75, 3.05) is 20.8 Å². The number of benzene rings is 3. The number of amides is 1. The third-order valence-corrected chi connectivity index (χ3v) is 5.97. The van der Waals surface area contributed by atoms with Crippen molar-refractivity contribution < 1.29 is 18.7 Å². The minimum atomic E-state index is -0.134. The van der Waals surface area contributed by atoms with Crippen LogP contribution in [0.25, 0.3) is 27.7 Å². The average Bonchev–Trinajstić information content (AvgIpc) is 3.28. The van der Waals surface area contributed by atoms with Crippen molar-refractivity contribution in [3.8, 4) is 22.6 Å². The van der Waals surface area contributed by atoms with E-state index < -0.39 is 0 Å². The Morgan fingerprint density at radius 3 is 2.47 bits per heavy atom. The summed E-state index contributed by atoms with van der Waals surface area (Å²) in [5, 5.41) is 3.92. The van der Waals surface area contributed by atoms with Crippen molar-refractivity contribution >= 4 is 22.4 Å². The summed E-state index contributed by atoms with van der Waals surface area (Å²) >= 11 is 0. The molecule has 0 saturated carbocycles. The van der Waals surface area contributed by atoms with Crippen molar-refractivity contribution in [2.24, 2.45) is 0 Å². The summed E-state index contributed by atoms with van der Waals surface area (Å²) in [5.41, 5.74) is 6.36. The summed E-state index contributed by atoms with van der Waals surface area (Å²) in [5.74, 6) is 1.33. The minimum absolute atomic E-state index is 0.134. The zero-order valence-electron chi connectivity index (χ0n) is 20.0. The van der Waals surface area contributed by atoms with Crippen LogP contribution in [0.15, 0.2) is 77.4 Å². The maximum atomic E-state index is 12.6. The first-order valence-corrected chi connectivity index (χ1v) is 11.3. The van der Waals surface area contributed by atoms with Gasteiger partial charge in [0, 0.05) is 40.3 Å². The standard InChI is InChI=1S/C29H29NO4/c1-19(16-27(31)30-15-14-21-10-6-5-7-11-21)23-17-24-25(22-12-8-9-13-26(22)32-3)18-34-29(24)20(2)28(23)33-4/h5-13,16-18H,14-15H2,1-4H3,(H,30,31)/b19-16+. The molecule has 0 aliphatic rings. The van der Waals surface area contributed by atoms with Gasteiger partial charge in [0.25, 0.3) is 0 Å². The molecule has 1 N–H and O–H groups in total. The fraction of sp³-hybridized carbons (Fsp3) is 0.207. The van der Waals surface area contributed by atoms with Crippen LogP contribution in [0.3, 0.4) is 0 Å². The maximum Gasteiger partial charge on any atom is 0.244 e. The molecule has 5 heteroatoms. The molecule has 4 aromatic rings. The molecule has 0 radical (unpaired) electrons. The van der Waals surface area contributed by atoms with E-state index in [1.807, 2.05) is 62.4 Å². The number of methoxy groups -OCH3 is 2. The minimum Gasteiger partial charge on any atom is -0.496 e. The summed E-state index contributed by atoms with van der Waals surface area (Å²) in [6, 6.07) is 20.0. The lowest BCUT2D eigenvalue weighted by Gasteiger charge is -2.14. The smallest absolute Gasteiger partial charge is 0.244 e. The number of aryl methyl sites for hydroxylation is 1. The van der Waals surface area contributed by atoms with Gasteiger partial charge in [-0.1, -0.05) is 48.5 Å². The Bertz CT molecular complexity index is 1340. The van der Waals surface area contributed by atoms with Crippen LogP contribution >= 0.6 is 0 Å². The highest BCUT2D eigenvalue weighted by atomic mass is 16.5. The third kappa shape index (κ3) is 4.69. The number of para-hydroxylation sites is 1. The number of rotatable bonds is 8. The molecule has 0 saturated heterocycles. The first kappa shape index (κ1) is 23.2. The number of allylic oxidation sites excluding steroid dienone is 1. The van der Waals surface area contributed by atoms with Gasteiger partial charge in [-0.25, -0.2) is 0 Å². The van der Waals surface area contributed by atoms with Crippen LogP contribution in [0.2, 0.25) is 0 Å².